The summed E-state index contributed by atoms with van der Waals surface area (Å²) >= 11 is 5.70. The summed E-state index contributed by atoms with van der Waals surface area (Å²) in [6.07, 6.45) is 5.07. The Bertz CT molecular complexity index is 589. The van der Waals surface area contributed by atoms with Crippen molar-refractivity contribution in [2.45, 2.75) is 13.1 Å². The molecule has 2 aromatic rings. The number of aromatic nitrogens is 2. The van der Waals surface area contributed by atoms with E-state index in [1.807, 2.05) is 6.07 Å². The van der Waals surface area contributed by atoms with Gasteiger partial charge in [0.2, 0.25) is 0 Å². The number of carbonyl (C=O) groups is 1. The third kappa shape index (κ3) is 2.51. The number of fused-ring (bicyclic) bond motifs is 1. The molecule has 1 N–H and O–H groups in total. The lowest BCUT2D eigenvalue weighted by Gasteiger charge is -2.16. The quantitative estimate of drug-likeness (QED) is 0.814. The Kier molecular flexibility index (Phi) is 3.05. The first kappa shape index (κ1) is 11.9. The Balaban J connectivity index is 1.68. The Morgan fingerprint density at radius 2 is 2.05 bits per heavy atom. The van der Waals surface area contributed by atoms with Crippen molar-refractivity contribution in [3.63, 3.8) is 0 Å². The molecule has 0 atom stereocenters. The summed E-state index contributed by atoms with van der Waals surface area (Å²) in [5.74, 6) is 0. The van der Waals surface area contributed by atoms with Crippen molar-refractivity contribution in [3.05, 3.63) is 53.1 Å². The zero-order valence-electron chi connectivity index (χ0n) is 10.0. The van der Waals surface area contributed by atoms with E-state index >= 15 is 0 Å². The highest BCUT2D eigenvalue weighted by Gasteiger charge is 2.23. The van der Waals surface area contributed by atoms with E-state index in [1.54, 1.807) is 29.4 Å². The fraction of sp³-hybridized carbons (Fsp3) is 0.154. The fourth-order valence-corrected chi connectivity index (χ4v) is 2.13. The Hall–Kier alpha value is -2.14. The molecular weight excluding hydrogens is 264 g/mol. The van der Waals surface area contributed by atoms with Crippen LogP contribution in [-0.4, -0.2) is 20.9 Å². The number of nitrogens with zero attached hydrogens (tertiary/aromatic N) is 3. The SMILES string of the molecule is O=C(Nc1ccc(Cl)nc1)N1Cc2ccncc2C1. The minimum atomic E-state index is -0.152. The lowest BCUT2D eigenvalue weighted by molar-refractivity contribution is 0.212. The Labute approximate surface area is 115 Å². The first-order chi connectivity index (χ1) is 9.22. The van der Waals surface area contributed by atoms with Gasteiger partial charge in [0, 0.05) is 25.5 Å². The van der Waals surface area contributed by atoms with Gasteiger partial charge < -0.3 is 10.2 Å². The van der Waals surface area contributed by atoms with Gasteiger partial charge in [0.25, 0.3) is 0 Å². The zero-order valence-corrected chi connectivity index (χ0v) is 10.8. The molecule has 6 heteroatoms. The average Bonchev–Trinajstić information content (AvgIpc) is 2.85. The van der Waals surface area contributed by atoms with Gasteiger partial charge in [0.05, 0.1) is 11.9 Å². The summed E-state index contributed by atoms with van der Waals surface area (Å²) in [4.78, 5) is 21.8. The third-order valence-corrected chi connectivity index (χ3v) is 3.22. The van der Waals surface area contributed by atoms with E-state index in [9.17, 15) is 4.79 Å². The van der Waals surface area contributed by atoms with Crippen LogP contribution >= 0.6 is 11.6 Å². The van der Waals surface area contributed by atoms with Gasteiger partial charge in [-0.25, -0.2) is 9.78 Å². The summed E-state index contributed by atoms with van der Waals surface area (Å²) in [6, 6.07) is 5.14. The first-order valence-corrected chi connectivity index (χ1v) is 6.19. The van der Waals surface area contributed by atoms with Crippen molar-refractivity contribution in [1.82, 2.24) is 14.9 Å². The molecule has 3 rings (SSSR count). The van der Waals surface area contributed by atoms with Crippen LogP contribution in [0.15, 0.2) is 36.8 Å². The molecule has 0 saturated heterocycles. The van der Waals surface area contributed by atoms with E-state index in [2.05, 4.69) is 15.3 Å². The summed E-state index contributed by atoms with van der Waals surface area (Å²) in [5.41, 5.74) is 2.86. The summed E-state index contributed by atoms with van der Waals surface area (Å²) in [7, 11) is 0. The van der Waals surface area contributed by atoms with E-state index in [4.69, 9.17) is 11.6 Å². The van der Waals surface area contributed by atoms with Gasteiger partial charge in [0.15, 0.2) is 0 Å². The normalized spacial score (nSPS) is 13.2. The van der Waals surface area contributed by atoms with Gasteiger partial charge in [-0.2, -0.15) is 0 Å². The summed E-state index contributed by atoms with van der Waals surface area (Å²) < 4.78 is 0. The van der Waals surface area contributed by atoms with E-state index in [0.717, 1.165) is 11.1 Å². The molecule has 0 bridgehead atoms. The van der Waals surface area contributed by atoms with Crippen molar-refractivity contribution >= 4 is 23.3 Å². The highest BCUT2D eigenvalue weighted by atomic mass is 35.5. The number of pyridine rings is 2. The maximum atomic E-state index is 12.1. The van der Waals surface area contributed by atoms with E-state index in [-0.39, 0.29) is 6.03 Å². The van der Waals surface area contributed by atoms with Gasteiger partial charge in [-0.3, -0.25) is 4.98 Å². The van der Waals surface area contributed by atoms with Crippen molar-refractivity contribution < 1.29 is 4.79 Å². The molecule has 5 nitrogen and oxygen atoms in total. The molecule has 19 heavy (non-hydrogen) atoms. The molecule has 0 spiro atoms. The molecular formula is C13H11ClN4O. The van der Waals surface area contributed by atoms with Gasteiger partial charge in [0.1, 0.15) is 5.15 Å². The number of rotatable bonds is 1. The molecule has 1 aliphatic heterocycles. The average molecular weight is 275 g/mol. The lowest BCUT2D eigenvalue weighted by Crippen LogP contribution is -2.30. The molecule has 0 unspecified atom stereocenters. The van der Waals surface area contributed by atoms with Crippen LogP contribution in [0.1, 0.15) is 11.1 Å². The molecule has 2 aromatic heterocycles. The topological polar surface area (TPSA) is 58.1 Å². The number of hydrogen-bond acceptors (Lipinski definition) is 3. The Morgan fingerprint density at radius 3 is 2.79 bits per heavy atom. The molecule has 0 aliphatic carbocycles. The molecule has 0 radical (unpaired) electrons. The van der Waals surface area contributed by atoms with Crippen LogP contribution in [-0.2, 0) is 13.1 Å². The number of hydrogen-bond donors (Lipinski definition) is 1. The van der Waals surface area contributed by atoms with Crippen molar-refractivity contribution in [3.8, 4) is 0 Å². The highest BCUT2D eigenvalue weighted by Crippen LogP contribution is 2.22. The molecule has 0 fully saturated rings. The number of nitrogens with one attached hydrogen (secondary N) is 1. The molecule has 96 valence electrons. The van der Waals surface area contributed by atoms with Crippen LogP contribution in [0.3, 0.4) is 0 Å². The van der Waals surface area contributed by atoms with Gasteiger partial charge in [-0.15, -0.1) is 0 Å². The van der Waals surface area contributed by atoms with Crippen molar-refractivity contribution in [2.75, 3.05) is 5.32 Å². The van der Waals surface area contributed by atoms with Crippen LogP contribution in [0, 0.1) is 0 Å². The standard InChI is InChI=1S/C13H11ClN4O/c14-12-2-1-11(6-16-12)17-13(19)18-7-9-3-4-15-5-10(9)8-18/h1-6H,7-8H2,(H,17,19). The molecule has 0 saturated carbocycles. The molecule has 1 aliphatic rings. The zero-order chi connectivity index (χ0) is 13.2. The number of urea groups is 1. The second-order valence-corrected chi connectivity index (χ2v) is 4.69. The largest absolute Gasteiger partial charge is 0.322 e. The summed E-state index contributed by atoms with van der Waals surface area (Å²) in [5, 5.41) is 3.19. The van der Waals surface area contributed by atoms with Crippen molar-refractivity contribution in [1.29, 1.82) is 0 Å². The second kappa shape index (κ2) is 4.85. The molecule has 3 heterocycles. The predicted octanol–water partition coefficient (Wildman–Crippen LogP) is 2.68. The lowest BCUT2D eigenvalue weighted by atomic mass is 10.2. The first-order valence-electron chi connectivity index (χ1n) is 5.81. The maximum absolute atomic E-state index is 12.1. The van der Waals surface area contributed by atoms with E-state index in [1.165, 1.54) is 6.20 Å². The number of carbonyl (C=O) groups excluding carboxylic acids is 1. The molecule has 0 aromatic carbocycles. The number of amides is 2. The van der Waals surface area contributed by atoms with E-state index < -0.39 is 0 Å². The number of anilines is 1. The third-order valence-electron chi connectivity index (χ3n) is 2.99. The number of halogens is 1. The van der Waals surface area contributed by atoms with Gasteiger partial charge in [-0.1, -0.05) is 11.6 Å². The van der Waals surface area contributed by atoms with Crippen molar-refractivity contribution in [2.24, 2.45) is 0 Å². The van der Waals surface area contributed by atoms with Gasteiger partial charge >= 0.3 is 6.03 Å². The minimum Gasteiger partial charge on any atom is -0.316 e. The van der Waals surface area contributed by atoms with Crippen LogP contribution < -0.4 is 5.32 Å². The van der Waals surface area contributed by atoms with Crippen LogP contribution in [0.4, 0.5) is 10.5 Å². The van der Waals surface area contributed by atoms with Crippen LogP contribution in [0.5, 0.6) is 0 Å². The predicted molar refractivity (Wildman–Crippen MR) is 71.7 cm³/mol. The minimum absolute atomic E-state index is 0.152. The molecule has 2 amide bonds. The van der Waals surface area contributed by atoms with Gasteiger partial charge in [-0.05, 0) is 29.3 Å². The smallest absolute Gasteiger partial charge is 0.316 e. The highest BCUT2D eigenvalue weighted by molar-refractivity contribution is 6.29. The monoisotopic (exact) mass is 274 g/mol. The van der Waals surface area contributed by atoms with Crippen LogP contribution in [0.2, 0.25) is 5.15 Å². The van der Waals surface area contributed by atoms with E-state index in [0.29, 0.717) is 23.9 Å². The summed E-state index contributed by atoms with van der Waals surface area (Å²) in [6.45, 7) is 1.18. The second-order valence-electron chi connectivity index (χ2n) is 4.30. The Morgan fingerprint density at radius 1 is 1.21 bits per heavy atom. The fourth-order valence-electron chi connectivity index (χ4n) is 2.02. The van der Waals surface area contributed by atoms with Crippen LogP contribution in [0.25, 0.3) is 0 Å². The maximum Gasteiger partial charge on any atom is 0.322 e.